The van der Waals surface area contributed by atoms with E-state index in [2.05, 4.69) is 26.6 Å². The van der Waals surface area contributed by atoms with Gasteiger partial charge < -0.3 is 65.7 Å². The summed E-state index contributed by atoms with van der Waals surface area (Å²) in [5, 5.41) is 24.4. The molecule has 0 aliphatic carbocycles. The average molecular weight is 1280 g/mol. The molecule has 0 aromatic heterocycles. The second kappa shape index (κ2) is 36.7. The monoisotopic (exact) mass is 1280 g/mol. The maximum atomic E-state index is 15.0. The number of carbonyl (C=O) groups excluding carboxylic acids is 10. The standard InChI is InChI=1S/C64H115N11O15/c1-27-29-30-39(13)50-49(54(78)68-43(28-2)62(86)87)75(90-50)61(85)48(38(11)12)73(23)59(83)46(33-36(7)8)72(22)58(82)45(32-35(5)6)71(21)57(81)42(16)67-52(76)40(14)66-53(77)44(31-34(3)4)70(20)60(84)47(37(9)10)69-55(79)51(64(17,18)63(88-25)89-26)74(24)56(80)41(15)65-19/h27,29,34-51,63,65H,28,30-33H2,1-26H3,(H,66,77)(H,67,76)(H,68,78)(H,69,79)(H,86,87)/b29-27+/t39-,40+,41+,42-,43+,44-,45+,46-,47+,48+,49+,50-,51-/m0/s1. The molecule has 6 N–H and O–H groups in total. The fraction of sp³-hybridized carbons (Fsp3) is 0.797. The highest BCUT2D eigenvalue weighted by molar-refractivity contribution is 5.99. The van der Waals surface area contributed by atoms with Gasteiger partial charge in [-0.25, -0.2) is 9.86 Å². The first-order chi connectivity index (χ1) is 41.6. The van der Waals surface area contributed by atoms with E-state index in [9.17, 15) is 57.8 Å². The van der Waals surface area contributed by atoms with Crippen molar-refractivity contribution in [3.63, 3.8) is 0 Å². The van der Waals surface area contributed by atoms with Crippen LogP contribution in [-0.4, -0.2) is 235 Å². The number of amides is 10. The Morgan fingerprint density at radius 2 is 1.03 bits per heavy atom. The van der Waals surface area contributed by atoms with E-state index in [0.717, 1.165) is 5.06 Å². The fourth-order valence-electron chi connectivity index (χ4n) is 11.4. The van der Waals surface area contributed by atoms with E-state index < -0.39 is 161 Å². The lowest BCUT2D eigenvalue weighted by molar-refractivity contribution is -0.321. The van der Waals surface area contributed by atoms with Crippen LogP contribution < -0.4 is 26.6 Å². The first-order valence-electron chi connectivity index (χ1n) is 31.7. The number of carboxylic acid groups (broad SMARTS) is 1. The van der Waals surface area contributed by atoms with Gasteiger partial charge in [-0.05, 0) is 102 Å². The zero-order chi connectivity index (χ0) is 69.9. The maximum absolute atomic E-state index is 15.0. The Morgan fingerprint density at radius 3 is 1.47 bits per heavy atom. The van der Waals surface area contributed by atoms with Crippen LogP contribution in [0.5, 0.6) is 0 Å². The summed E-state index contributed by atoms with van der Waals surface area (Å²) in [6, 6.07) is -12.7. The van der Waals surface area contributed by atoms with Crippen molar-refractivity contribution >= 4 is 65.0 Å². The number of carbonyl (C=O) groups is 11. The number of ether oxygens (including phenoxy) is 2. The molecule has 0 unspecified atom stereocenters. The Bertz CT molecular complexity index is 2470. The zero-order valence-electron chi connectivity index (χ0n) is 59.0. The highest BCUT2D eigenvalue weighted by Gasteiger charge is 2.55. The number of rotatable bonds is 37. The second-order valence-corrected chi connectivity index (χ2v) is 26.9. The van der Waals surface area contributed by atoms with Gasteiger partial charge in [0.25, 0.3) is 5.91 Å². The zero-order valence-corrected chi connectivity index (χ0v) is 59.0. The molecular weight excluding hydrogens is 1160 g/mol. The Morgan fingerprint density at radius 1 is 0.578 bits per heavy atom. The number of allylic oxidation sites excluding steroid dienone is 2. The normalized spacial score (nSPS) is 18.1. The lowest BCUT2D eigenvalue weighted by atomic mass is 9.81. The summed E-state index contributed by atoms with van der Waals surface area (Å²) < 4.78 is 11.2. The van der Waals surface area contributed by atoms with Crippen LogP contribution in [0, 0.1) is 40.9 Å². The van der Waals surface area contributed by atoms with Crippen LogP contribution >= 0.6 is 0 Å². The second-order valence-electron chi connectivity index (χ2n) is 26.9. The Labute approximate surface area is 536 Å². The summed E-state index contributed by atoms with van der Waals surface area (Å²) in [6.07, 6.45) is 3.02. The van der Waals surface area contributed by atoms with E-state index >= 15 is 0 Å². The Hall–Kier alpha value is -6.25. The van der Waals surface area contributed by atoms with Gasteiger partial charge in [-0.15, -0.1) is 0 Å². The highest BCUT2D eigenvalue weighted by atomic mass is 16.7. The maximum Gasteiger partial charge on any atom is 0.326 e. The molecule has 1 aliphatic rings. The molecule has 26 nitrogen and oxygen atoms in total. The molecule has 1 fully saturated rings. The summed E-state index contributed by atoms with van der Waals surface area (Å²) in [5.41, 5.74) is -1.16. The van der Waals surface area contributed by atoms with Gasteiger partial charge in [-0.2, -0.15) is 0 Å². The van der Waals surface area contributed by atoms with Crippen molar-refractivity contribution in [3.8, 4) is 0 Å². The van der Waals surface area contributed by atoms with Crippen molar-refractivity contribution in [2.45, 2.75) is 236 Å². The van der Waals surface area contributed by atoms with Gasteiger partial charge in [-0.3, -0.25) is 52.8 Å². The van der Waals surface area contributed by atoms with Gasteiger partial charge in [0, 0.05) is 54.9 Å². The summed E-state index contributed by atoms with van der Waals surface area (Å²) in [7, 11) is 11.7. The summed E-state index contributed by atoms with van der Waals surface area (Å²) in [4.78, 5) is 168. The molecule has 1 saturated heterocycles. The van der Waals surface area contributed by atoms with Crippen molar-refractivity contribution < 1.29 is 72.2 Å². The molecule has 0 aromatic rings. The van der Waals surface area contributed by atoms with E-state index in [4.69, 9.17) is 14.3 Å². The molecule has 1 rings (SSSR count). The van der Waals surface area contributed by atoms with Gasteiger partial charge in [0.15, 0.2) is 12.3 Å². The van der Waals surface area contributed by atoms with Crippen LogP contribution in [0.15, 0.2) is 12.2 Å². The van der Waals surface area contributed by atoms with Crippen LogP contribution in [0.3, 0.4) is 0 Å². The van der Waals surface area contributed by atoms with Gasteiger partial charge in [0.2, 0.25) is 53.2 Å². The molecule has 26 heteroatoms. The van der Waals surface area contributed by atoms with Crippen LogP contribution in [0.4, 0.5) is 0 Å². The number of hydroxylamine groups is 2. The third kappa shape index (κ3) is 21.4. The van der Waals surface area contributed by atoms with E-state index in [1.807, 2.05) is 67.5 Å². The first kappa shape index (κ1) is 81.8. The van der Waals surface area contributed by atoms with Crippen LogP contribution in [-0.2, 0) is 67.1 Å². The SMILES string of the molecule is C/C=C/C[C@H](C)[C@@H]1ON(C(=O)[C@@H](C(C)C)N(C)C(=O)[C@H](CC(C)C)N(C)C(=O)[C@@H](CC(C)C)N(C)C(=O)[C@H](C)NC(=O)[C@@H](C)NC(=O)[C@H](CC(C)C)N(C)C(=O)[C@H](NC(=O)[C@H](N(C)C(=O)[C@@H](C)NC)C(C)(C)C(OC)OC)C(C)C)[C@H]1C(=O)N[C@H](CC)C(=O)O. The van der Waals surface area contributed by atoms with Crippen LogP contribution in [0.2, 0.25) is 0 Å². The lowest BCUT2D eigenvalue weighted by Crippen LogP contribution is -2.71. The number of nitrogens with one attached hydrogen (secondary N) is 5. The van der Waals surface area contributed by atoms with E-state index in [1.165, 1.54) is 87.8 Å². The van der Waals surface area contributed by atoms with Crippen molar-refractivity contribution in [1.29, 1.82) is 0 Å². The Kier molecular flexibility index (Phi) is 33.3. The topological polar surface area (TPSA) is 315 Å². The first-order valence-corrected chi connectivity index (χ1v) is 31.7. The molecule has 10 amide bonds. The molecule has 1 heterocycles. The molecule has 0 aromatic carbocycles. The van der Waals surface area contributed by atoms with Gasteiger partial charge in [-0.1, -0.05) is 109 Å². The largest absolute Gasteiger partial charge is 0.480 e. The third-order valence-electron chi connectivity index (χ3n) is 16.9. The van der Waals surface area contributed by atoms with Gasteiger partial charge in [0.05, 0.1) is 6.04 Å². The minimum absolute atomic E-state index is 0.0861. The number of likely N-dealkylation sites (N-methyl/N-ethyl adjacent to an activating group) is 6. The summed E-state index contributed by atoms with van der Waals surface area (Å²) >= 11 is 0. The van der Waals surface area contributed by atoms with Crippen molar-refractivity contribution in [1.82, 2.24) is 56.1 Å². The van der Waals surface area contributed by atoms with Gasteiger partial charge in [0.1, 0.15) is 60.5 Å². The van der Waals surface area contributed by atoms with Crippen molar-refractivity contribution in [3.05, 3.63) is 12.2 Å². The predicted molar refractivity (Wildman–Crippen MR) is 342 cm³/mol. The van der Waals surface area contributed by atoms with Crippen LogP contribution in [0.25, 0.3) is 0 Å². The molecule has 1 aliphatic heterocycles. The molecule has 0 spiro atoms. The molecule has 516 valence electrons. The van der Waals surface area contributed by atoms with Gasteiger partial charge >= 0.3 is 5.97 Å². The number of hydrogen-bond donors (Lipinski definition) is 6. The smallest absolute Gasteiger partial charge is 0.326 e. The average Bonchev–Trinajstić information content (AvgIpc) is 0.768. The number of aliphatic carboxylic acids is 1. The summed E-state index contributed by atoms with van der Waals surface area (Å²) in [6.45, 7) is 31.3. The highest BCUT2D eigenvalue weighted by Crippen LogP contribution is 2.35. The minimum atomic E-state index is -1.25. The fourth-order valence-corrected chi connectivity index (χ4v) is 11.4. The molecule has 90 heavy (non-hydrogen) atoms. The molecule has 0 bridgehead atoms. The number of carboxylic acids is 1. The van der Waals surface area contributed by atoms with Crippen molar-refractivity contribution in [2.75, 3.05) is 56.5 Å². The van der Waals surface area contributed by atoms with E-state index in [-0.39, 0.29) is 49.4 Å². The molecule has 0 radical (unpaired) electrons. The summed E-state index contributed by atoms with van der Waals surface area (Å²) in [5.74, 6) is -9.42. The quantitative estimate of drug-likeness (QED) is 0.0384. The number of methoxy groups -OCH3 is 2. The third-order valence-corrected chi connectivity index (χ3v) is 16.9. The number of nitrogens with zero attached hydrogens (tertiary/aromatic N) is 6. The molecule has 0 saturated carbocycles. The predicted octanol–water partition coefficient (Wildman–Crippen LogP) is 3.41. The minimum Gasteiger partial charge on any atom is -0.480 e. The number of hydrogen-bond acceptors (Lipinski definition) is 15. The molecule has 13 atom stereocenters. The Balaban J connectivity index is 3.56. The van der Waals surface area contributed by atoms with E-state index in [1.54, 1.807) is 62.4 Å². The van der Waals surface area contributed by atoms with Crippen molar-refractivity contribution in [2.24, 2.45) is 40.9 Å². The lowest BCUT2D eigenvalue weighted by Gasteiger charge is -2.50. The van der Waals surface area contributed by atoms with E-state index in [0.29, 0.717) is 6.42 Å². The molecular formula is C64H115N11O15. The van der Waals surface area contributed by atoms with Crippen LogP contribution in [0.1, 0.15) is 157 Å².